The van der Waals surface area contributed by atoms with Gasteiger partial charge in [-0.25, -0.2) is 0 Å². The summed E-state index contributed by atoms with van der Waals surface area (Å²) in [4.78, 5) is 24.6. The smallest absolute Gasteiger partial charge is 0.310 e. The van der Waals surface area contributed by atoms with Gasteiger partial charge in [0.25, 0.3) is 0 Å². The van der Waals surface area contributed by atoms with Crippen molar-refractivity contribution in [1.29, 1.82) is 0 Å². The maximum atomic E-state index is 12.3. The van der Waals surface area contributed by atoms with Crippen molar-refractivity contribution in [3.05, 3.63) is 11.1 Å². The summed E-state index contributed by atoms with van der Waals surface area (Å²) in [5.74, 6) is -1.29. The molecule has 1 aliphatic carbocycles. The van der Waals surface area contributed by atoms with Crippen LogP contribution in [0, 0.1) is 11.8 Å². The van der Waals surface area contributed by atoms with Gasteiger partial charge in [0, 0.05) is 0 Å². The topological polar surface area (TPSA) is 52.6 Å². The summed E-state index contributed by atoms with van der Waals surface area (Å²) in [6.45, 7) is 9.04. The SMILES string of the molecule is CCCCOC(=O)C1CC(C)=C(C)CC1C(=O)OCCCC. The number of carbonyl (C=O) groups is 2. The molecule has 0 aliphatic heterocycles. The summed E-state index contributed by atoms with van der Waals surface area (Å²) in [5, 5.41) is 0. The summed E-state index contributed by atoms with van der Waals surface area (Å²) in [6.07, 6.45) is 4.89. The van der Waals surface area contributed by atoms with Gasteiger partial charge in [0.15, 0.2) is 0 Å². The van der Waals surface area contributed by atoms with Crippen molar-refractivity contribution in [1.82, 2.24) is 0 Å². The van der Waals surface area contributed by atoms with Crippen LogP contribution in [0.4, 0.5) is 0 Å². The molecular weight excluding hydrogens is 280 g/mol. The molecule has 0 bridgehead atoms. The Hall–Kier alpha value is -1.32. The van der Waals surface area contributed by atoms with Crippen molar-refractivity contribution in [2.24, 2.45) is 11.8 Å². The van der Waals surface area contributed by atoms with E-state index in [0.29, 0.717) is 26.1 Å². The molecule has 0 saturated carbocycles. The Morgan fingerprint density at radius 3 is 1.55 bits per heavy atom. The van der Waals surface area contributed by atoms with Crippen molar-refractivity contribution in [2.75, 3.05) is 13.2 Å². The van der Waals surface area contributed by atoms with Gasteiger partial charge in [-0.2, -0.15) is 0 Å². The van der Waals surface area contributed by atoms with Crippen LogP contribution in [0.3, 0.4) is 0 Å². The molecule has 22 heavy (non-hydrogen) atoms. The average Bonchev–Trinajstić information content (AvgIpc) is 2.49. The molecule has 0 aromatic rings. The van der Waals surface area contributed by atoms with Gasteiger partial charge in [-0.15, -0.1) is 0 Å². The lowest BCUT2D eigenvalue weighted by Gasteiger charge is -2.30. The number of unbranched alkanes of at least 4 members (excludes halogenated alkanes) is 2. The molecule has 0 fully saturated rings. The second-order valence-corrected chi connectivity index (χ2v) is 6.22. The number of ether oxygens (including phenoxy) is 2. The van der Waals surface area contributed by atoms with E-state index in [1.54, 1.807) is 0 Å². The van der Waals surface area contributed by atoms with E-state index in [9.17, 15) is 9.59 Å². The van der Waals surface area contributed by atoms with Gasteiger partial charge in [-0.1, -0.05) is 37.8 Å². The minimum atomic E-state index is -0.394. The minimum absolute atomic E-state index is 0.252. The van der Waals surface area contributed by atoms with Crippen molar-refractivity contribution < 1.29 is 19.1 Å². The third-order valence-corrected chi connectivity index (χ3v) is 4.36. The lowest BCUT2D eigenvalue weighted by Crippen LogP contribution is -2.35. The van der Waals surface area contributed by atoms with Crippen LogP contribution in [-0.2, 0) is 19.1 Å². The lowest BCUT2D eigenvalue weighted by atomic mass is 9.76. The Balaban J connectivity index is 2.71. The number of esters is 2. The number of allylic oxidation sites excluding steroid dienone is 2. The van der Waals surface area contributed by atoms with Gasteiger partial charge >= 0.3 is 11.9 Å². The Bertz CT molecular complexity index is 373. The number of hydrogen-bond acceptors (Lipinski definition) is 4. The molecule has 0 radical (unpaired) electrons. The summed E-state index contributed by atoms with van der Waals surface area (Å²) in [6, 6.07) is 0. The largest absolute Gasteiger partial charge is 0.465 e. The highest BCUT2D eigenvalue weighted by molar-refractivity contribution is 5.83. The summed E-state index contributed by atoms with van der Waals surface area (Å²) < 4.78 is 10.7. The van der Waals surface area contributed by atoms with Crippen LogP contribution in [0.2, 0.25) is 0 Å². The zero-order chi connectivity index (χ0) is 16.5. The molecule has 0 N–H and O–H groups in total. The molecule has 0 aromatic carbocycles. The minimum Gasteiger partial charge on any atom is -0.465 e. The van der Waals surface area contributed by atoms with Crippen molar-refractivity contribution in [2.45, 2.75) is 66.2 Å². The molecule has 126 valence electrons. The van der Waals surface area contributed by atoms with Crippen LogP contribution in [0.5, 0.6) is 0 Å². The van der Waals surface area contributed by atoms with E-state index in [-0.39, 0.29) is 11.9 Å². The Kier molecular flexibility index (Phi) is 8.21. The fraction of sp³-hybridized carbons (Fsp3) is 0.778. The maximum absolute atomic E-state index is 12.3. The summed E-state index contributed by atoms with van der Waals surface area (Å²) in [5.41, 5.74) is 2.38. The van der Waals surface area contributed by atoms with E-state index in [2.05, 4.69) is 13.8 Å². The fourth-order valence-electron chi connectivity index (χ4n) is 2.64. The zero-order valence-electron chi connectivity index (χ0n) is 14.4. The molecule has 2 atom stereocenters. The predicted octanol–water partition coefficient (Wildman–Crippen LogP) is 4.04. The van der Waals surface area contributed by atoms with Gasteiger partial charge < -0.3 is 9.47 Å². The molecule has 0 heterocycles. The second kappa shape index (κ2) is 9.65. The first kappa shape index (κ1) is 18.7. The van der Waals surface area contributed by atoms with Gasteiger partial charge in [0.1, 0.15) is 0 Å². The summed E-state index contributed by atoms with van der Waals surface area (Å²) >= 11 is 0. The third-order valence-electron chi connectivity index (χ3n) is 4.36. The van der Waals surface area contributed by atoms with E-state index in [0.717, 1.165) is 25.7 Å². The first-order chi connectivity index (χ1) is 10.5. The highest BCUT2D eigenvalue weighted by Crippen LogP contribution is 2.35. The quantitative estimate of drug-likeness (QED) is 0.386. The molecule has 0 amide bonds. The van der Waals surface area contributed by atoms with Crippen LogP contribution in [0.25, 0.3) is 0 Å². The normalized spacial score (nSPS) is 21.6. The van der Waals surface area contributed by atoms with Gasteiger partial charge in [0.2, 0.25) is 0 Å². The van der Waals surface area contributed by atoms with Crippen LogP contribution >= 0.6 is 0 Å². The fourth-order valence-corrected chi connectivity index (χ4v) is 2.64. The van der Waals surface area contributed by atoms with Gasteiger partial charge in [-0.3, -0.25) is 9.59 Å². The van der Waals surface area contributed by atoms with Crippen molar-refractivity contribution >= 4 is 11.9 Å². The number of hydrogen-bond donors (Lipinski definition) is 0. The van der Waals surface area contributed by atoms with Crippen LogP contribution in [-0.4, -0.2) is 25.2 Å². The van der Waals surface area contributed by atoms with Gasteiger partial charge in [-0.05, 0) is 39.5 Å². The van der Waals surface area contributed by atoms with Gasteiger partial charge in [0.05, 0.1) is 25.0 Å². The van der Waals surface area contributed by atoms with E-state index in [4.69, 9.17) is 9.47 Å². The second-order valence-electron chi connectivity index (χ2n) is 6.22. The number of carbonyl (C=O) groups excluding carboxylic acids is 2. The highest BCUT2D eigenvalue weighted by Gasteiger charge is 2.39. The predicted molar refractivity (Wildman–Crippen MR) is 86.3 cm³/mol. The average molecular weight is 310 g/mol. The van der Waals surface area contributed by atoms with Crippen molar-refractivity contribution in [3.63, 3.8) is 0 Å². The molecule has 0 spiro atoms. The Morgan fingerprint density at radius 2 is 1.23 bits per heavy atom. The van der Waals surface area contributed by atoms with E-state index >= 15 is 0 Å². The number of rotatable bonds is 8. The monoisotopic (exact) mass is 310 g/mol. The highest BCUT2D eigenvalue weighted by atomic mass is 16.5. The van der Waals surface area contributed by atoms with Crippen molar-refractivity contribution in [3.8, 4) is 0 Å². The first-order valence-electron chi connectivity index (χ1n) is 8.49. The molecule has 4 heteroatoms. The molecule has 1 aliphatic rings. The maximum Gasteiger partial charge on any atom is 0.310 e. The molecule has 0 aromatic heterocycles. The molecule has 4 nitrogen and oxygen atoms in total. The Labute approximate surface area is 134 Å². The molecule has 1 rings (SSSR count). The van der Waals surface area contributed by atoms with E-state index in [1.807, 2.05) is 13.8 Å². The molecular formula is C18H30O4. The standard InChI is InChI=1S/C18H30O4/c1-5-7-9-21-17(19)15-11-13(3)14(4)12-16(15)18(20)22-10-8-6-2/h15-16H,5-12H2,1-4H3. The molecule has 0 saturated heterocycles. The first-order valence-corrected chi connectivity index (χ1v) is 8.49. The van der Waals surface area contributed by atoms with Crippen LogP contribution in [0.1, 0.15) is 66.2 Å². The zero-order valence-corrected chi connectivity index (χ0v) is 14.4. The Morgan fingerprint density at radius 1 is 0.864 bits per heavy atom. The van der Waals surface area contributed by atoms with E-state index < -0.39 is 11.8 Å². The lowest BCUT2D eigenvalue weighted by molar-refractivity contribution is -0.161. The molecule has 2 unspecified atom stereocenters. The summed E-state index contributed by atoms with van der Waals surface area (Å²) in [7, 11) is 0. The van der Waals surface area contributed by atoms with Crippen LogP contribution < -0.4 is 0 Å². The van der Waals surface area contributed by atoms with Crippen LogP contribution in [0.15, 0.2) is 11.1 Å². The third kappa shape index (κ3) is 5.47. The van der Waals surface area contributed by atoms with E-state index in [1.165, 1.54) is 11.1 Å².